The van der Waals surface area contributed by atoms with Crippen LogP contribution in [0.4, 0.5) is 0 Å². The van der Waals surface area contributed by atoms with E-state index in [-0.39, 0.29) is 48.2 Å². The number of carbonyl (C=O) groups is 2. The highest BCUT2D eigenvalue weighted by molar-refractivity contribution is 6.06. The molecule has 0 radical (unpaired) electrons. The van der Waals surface area contributed by atoms with E-state index in [0.29, 0.717) is 13.0 Å². The van der Waals surface area contributed by atoms with Gasteiger partial charge in [0.2, 0.25) is 11.8 Å². The quantitative estimate of drug-likeness (QED) is 0.290. The van der Waals surface area contributed by atoms with E-state index < -0.39 is 5.92 Å². The van der Waals surface area contributed by atoms with Gasteiger partial charge in [0.1, 0.15) is 5.75 Å². The smallest absolute Gasteiger partial charge is 0.234 e. The van der Waals surface area contributed by atoms with E-state index in [4.69, 9.17) is 4.74 Å². The lowest BCUT2D eigenvalue weighted by Crippen LogP contribution is -2.47. The van der Waals surface area contributed by atoms with Gasteiger partial charge >= 0.3 is 0 Å². The lowest BCUT2D eigenvalue weighted by atomic mass is 9.69. The minimum absolute atomic E-state index is 0.0286. The van der Waals surface area contributed by atoms with Crippen molar-refractivity contribution in [2.24, 2.45) is 17.8 Å². The molecule has 2 aromatic carbocycles. The van der Waals surface area contributed by atoms with Crippen LogP contribution >= 0.6 is 0 Å². The van der Waals surface area contributed by atoms with Crippen molar-refractivity contribution < 1.29 is 24.5 Å². The zero-order valence-corrected chi connectivity index (χ0v) is 25.2. The number of ether oxygens (including phenoxy) is 1. The molecule has 3 fully saturated rings. The summed E-state index contributed by atoms with van der Waals surface area (Å²) in [7, 11) is 0. The lowest BCUT2D eigenvalue weighted by Gasteiger charge is -2.36. The fourth-order valence-corrected chi connectivity index (χ4v) is 7.89. The van der Waals surface area contributed by atoms with Crippen LogP contribution in [-0.4, -0.2) is 70.3 Å². The second kappa shape index (κ2) is 13.2. The van der Waals surface area contributed by atoms with Gasteiger partial charge < -0.3 is 14.9 Å². The molecule has 7 heteroatoms. The van der Waals surface area contributed by atoms with Crippen molar-refractivity contribution in [1.82, 2.24) is 9.80 Å². The number of phenols is 1. The number of hydrogen-bond donors (Lipinski definition) is 2. The van der Waals surface area contributed by atoms with E-state index in [9.17, 15) is 19.8 Å². The molecule has 0 unspecified atom stereocenters. The van der Waals surface area contributed by atoms with Crippen LogP contribution in [0.2, 0.25) is 0 Å². The first-order valence-corrected chi connectivity index (χ1v) is 16.0. The number of benzene rings is 2. The Bertz CT molecular complexity index is 1360. The Morgan fingerprint density at radius 2 is 1.72 bits per heavy atom. The summed E-state index contributed by atoms with van der Waals surface area (Å²) in [5, 5.41) is 20.0. The highest BCUT2D eigenvalue weighted by Gasteiger charge is 2.58. The van der Waals surface area contributed by atoms with Crippen LogP contribution in [0.5, 0.6) is 5.75 Å². The monoisotopic (exact) mass is 584 g/mol. The zero-order chi connectivity index (χ0) is 29.9. The predicted octanol–water partition coefficient (Wildman–Crippen LogP) is 5.33. The second-order valence-electron chi connectivity index (χ2n) is 12.7. The maximum absolute atomic E-state index is 14.0. The van der Waals surface area contributed by atoms with Gasteiger partial charge in [-0.05, 0) is 72.9 Å². The van der Waals surface area contributed by atoms with E-state index in [1.54, 1.807) is 17.0 Å². The Labute approximate surface area is 254 Å². The lowest BCUT2D eigenvalue weighted by molar-refractivity contribution is -0.144. The normalized spacial score (nSPS) is 26.7. The maximum Gasteiger partial charge on any atom is 0.234 e. The Balaban J connectivity index is 1.12. The summed E-state index contributed by atoms with van der Waals surface area (Å²) in [4.78, 5) is 31.7. The number of amides is 2. The number of carbonyl (C=O) groups excluding carboxylic acids is 2. The molecule has 2 amide bonds. The van der Waals surface area contributed by atoms with E-state index in [1.165, 1.54) is 11.1 Å². The van der Waals surface area contributed by atoms with E-state index in [0.717, 1.165) is 74.9 Å². The number of rotatable bonds is 10. The number of fused-ring (bicyclic) bond motifs is 3. The fourth-order valence-electron chi connectivity index (χ4n) is 7.89. The maximum atomic E-state index is 14.0. The zero-order valence-electron chi connectivity index (χ0n) is 25.2. The number of aliphatic hydroxyl groups is 1. The van der Waals surface area contributed by atoms with E-state index >= 15 is 0 Å². The number of hydrogen-bond acceptors (Lipinski definition) is 6. The SMILES string of the molecule is CCC/C(=C\c1ccc(O)cc1)CC[C@H]1OC[C@H]2C1=C(CO)C[C@H]1C(=O)N(C3CCN(Cc4ccccc4)CC3)C(=O)[C@H]12. The van der Waals surface area contributed by atoms with Gasteiger partial charge in [-0.3, -0.25) is 19.4 Å². The number of piperidine rings is 1. The molecule has 4 aliphatic rings. The molecule has 1 aliphatic carbocycles. The number of allylic oxidation sites excluding steroid dienone is 1. The van der Waals surface area contributed by atoms with Crippen LogP contribution in [0.1, 0.15) is 63.0 Å². The largest absolute Gasteiger partial charge is 0.508 e. The number of aromatic hydroxyl groups is 1. The van der Waals surface area contributed by atoms with Crippen LogP contribution in [0.15, 0.2) is 71.3 Å². The van der Waals surface area contributed by atoms with Crippen molar-refractivity contribution in [2.75, 3.05) is 26.3 Å². The van der Waals surface area contributed by atoms with Crippen molar-refractivity contribution in [3.05, 3.63) is 82.4 Å². The standard InChI is InChI=1S/C36H44N2O5/c1-2-6-24(19-25-9-12-29(40)13-10-25)11-14-32-33-27(22-39)20-30-34(31(33)23-43-32)36(42)38(35(30)41)28-15-17-37(18-16-28)21-26-7-4-3-5-8-26/h3-5,7-10,12-13,19,28,30-32,34,39-40H,2,6,11,14-18,20-23H2,1H3/b24-19+/t30-,31+,32-,34-/m1/s1. The third kappa shape index (κ3) is 6.21. The topological polar surface area (TPSA) is 90.3 Å². The number of phenolic OH excluding ortho intramolecular Hbond substituents is 1. The molecule has 3 heterocycles. The summed E-state index contributed by atoms with van der Waals surface area (Å²) in [6, 6.07) is 17.6. The molecule has 2 aromatic rings. The molecule has 0 spiro atoms. The molecule has 0 saturated carbocycles. The minimum atomic E-state index is -0.391. The molecule has 0 bridgehead atoms. The van der Waals surface area contributed by atoms with Gasteiger partial charge in [-0.15, -0.1) is 0 Å². The Kier molecular flexibility index (Phi) is 9.12. The summed E-state index contributed by atoms with van der Waals surface area (Å²) >= 11 is 0. The van der Waals surface area contributed by atoms with Crippen molar-refractivity contribution in [1.29, 1.82) is 0 Å². The molecule has 2 N–H and O–H groups in total. The average Bonchev–Trinajstić information content (AvgIpc) is 3.55. The van der Waals surface area contributed by atoms with Crippen LogP contribution in [-0.2, 0) is 20.9 Å². The van der Waals surface area contributed by atoms with Gasteiger partial charge in [-0.2, -0.15) is 0 Å². The molecular weight excluding hydrogens is 540 g/mol. The van der Waals surface area contributed by atoms with E-state index in [2.05, 4.69) is 42.2 Å². The highest BCUT2D eigenvalue weighted by atomic mass is 16.5. The summed E-state index contributed by atoms with van der Waals surface area (Å²) in [6.07, 6.45) is 7.73. The minimum Gasteiger partial charge on any atom is -0.508 e. The first-order chi connectivity index (χ1) is 21.0. The number of nitrogens with zero attached hydrogens (tertiary/aromatic N) is 2. The third-order valence-electron chi connectivity index (χ3n) is 9.97. The Morgan fingerprint density at radius 1 is 0.977 bits per heavy atom. The van der Waals surface area contributed by atoms with Gasteiger partial charge in [0.25, 0.3) is 0 Å². The molecule has 3 saturated heterocycles. The first kappa shape index (κ1) is 29.8. The van der Waals surface area contributed by atoms with Crippen molar-refractivity contribution in [3.63, 3.8) is 0 Å². The summed E-state index contributed by atoms with van der Waals surface area (Å²) in [5.41, 5.74) is 5.63. The first-order valence-electron chi connectivity index (χ1n) is 16.0. The molecular formula is C36H44N2O5. The van der Waals surface area contributed by atoms with Crippen molar-refractivity contribution >= 4 is 17.9 Å². The molecule has 6 rings (SSSR count). The summed E-state index contributed by atoms with van der Waals surface area (Å²) in [5.74, 6) is -0.732. The highest BCUT2D eigenvalue weighted by Crippen LogP contribution is 2.50. The number of likely N-dealkylation sites (tertiary alicyclic amines) is 2. The van der Waals surface area contributed by atoms with Crippen LogP contribution in [0.25, 0.3) is 6.08 Å². The van der Waals surface area contributed by atoms with Crippen LogP contribution in [0, 0.1) is 17.8 Å². The Hall–Kier alpha value is -3.26. The van der Waals surface area contributed by atoms with Crippen LogP contribution in [0.3, 0.4) is 0 Å². The van der Waals surface area contributed by atoms with E-state index in [1.807, 2.05) is 18.2 Å². The molecule has 43 heavy (non-hydrogen) atoms. The van der Waals surface area contributed by atoms with Crippen LogP contribution < -0.4 is 0 Å². The number of imide groups is 1. The molecule has 7 nitrogen and oxygen atoms in total. The molecule has 4 atom stereocenters. The third-order valence-corrected chi connectivity index (χ3v) is 9.97. The van der Waals surface area contributed by atoms with Gasteiger partial charge in [0.15, 0.2) is 0 Å². The van der Waals surface area contributed by atoms with Crippen molar-refractivity contribution in [3.8, 4) is 5.75 Å². The van der Waals surface area contributed by atoms with Gasteiger partial charge in [-0.25, -0.2) is 0 Å². The van der Waals surface area contributed by atoms with Gasteiger partial charge in [-0.1, -0.05) is 67.5 Å². The fraction of sp³-hybridized carbons (Fsp3) is 0.500. The molecule has 228 valence electrons. The number of aliphatic hydroxyl groups excluding tert-OH is 1. The van der Waals surface area contributed by atoms with Gasteiger partial charge in [0, 0.05) is 31.6 Å². The summed E-state index contributed by atoms with van der Waals surface area (Å²) in [6.45, 7) is 5.12. The van der Waals surface area contributed by atoms with Gasteiger partial charge in [0.05, 0.1) is 31.2 Å². The second-order valence-corrected chi connectivity index (χ2v) is 12.7. The van der Waals surface area contributed by atoms with Crippen molar-refractivity contribution in [2.45, 2.75) is 70.6 Å². The predicted molar refractivity (Wildman–Crippen MR) is 166 cm³/mol. The summed E-state index contributed by atoms with van der Waals surface area (Å²) < 4.78 is 6.35. The Morgan fingerprint density at radius 3 is 2.42 bits per heavy atom. The molecule has 0 aromatic heterocycles. The molecule has 3 aliphatic heterocycles. The average molecular weight is 585 g/mol.